The van der Waals surface area contributed by atoms with Crippen molar-refractivity contribution in [3.63, 3.8) is 0 Å². The fraction of sp³-hybridized carbons (Fsp3) is 0.923. The summed E-state index contributed by atoms with van der Waals surface area (Å²) in [5.74, 6) is -0.120. The fourth-order valence-corrected chi connectivity index (χ4v) is 3.10. The van der Waals surface area contributed by atoms with Crippen LogP contribution in [0.25, 0.3) is 0 Å². The monoisotopic (exact) mass is 291 g/mol. The molecule has 112 valence electrons. The van der Waals surface area contributed by atoms with E-state index in [4.69, 9.17) is 4.74 Å². The van der Waals surface area contributed by atoms with Crippen LogP contribution in [0.4, 0.5) is 4.79 Å². The summed E-state index contributed by atoms with van der Waals surface area (Å²) in [7, 11) is -2.17. The molecule has 5 nitrogen and oxygen atoms in total. The Hall–Kier alpha value is -0.380. The molecule has 1 aliphatic carbocycles. The molecule has 0 bridgehead atoms. The molecule has 0 aromatic carbocycles. The standard InChI is InChI=1S/C13H26NO4P/c1-13(2,3)18-12(15)14-11(19(16)17)9-10-7-5-4-6-8-10/h10-11,16-17H,4-9H2,1-3H3,(H,14,15)/t11-/m1/s1. The second-order valence-corrected chi connectivity index (χ2v) is 7.49. The third kappa shape index (κ3) is 7.09. The topological polar surface area (TPSA) is 78.8 Å². The summed E-state index contributed by atoms with van der Waals surface area (Å²) in [4.78, 5) is 30.6. The van der Waals surface area contributed by atoms with Gasteiger partial charge in [-0.1, -0.05) is 32.1 Å². The van der Waals surface area contributed by atoms with E-state index >= 15 is 0 Å². The molecule has 1 fully saturated rings. The first kappa shape index (κ1) is 16.7. The molecule has 0 saturated heterocycles. The second-order valence-electron chi connectivity index (χ2n) is 6.22. The van der Waals surface area contributed by atoms with E-state index in [2.05, 4.69) is 5.32 Å². The van der Waals surface area contributed by atoms with Crippen molar-refractivity contribution in [3.8, 4) is 0 Å². The Balaban J connectivity index is 2.45. The Labute approximate surface area is 116 Å². The number of nitrogens with one attached hydrogen (secondary N) is 1. The van der Waals surface area contributed by atoms with E-state index in [0.717, 1.165) is 12.8 Å². The van der Waals surface area contributed by atoms with Crippen LogP contribution in [0.2, 0.25) is 0 Å². The average molecular weight is 291 g/mol. The van der Waals surface area contributed by atoms with Crippen LogP contribution in [-0.4, -0.2) is 27.3 Å². The lowest BCUT2D eigenvalue weighted by Crippen LogP contribution is -2.39. The quantitative estimate of drug-likeness (QED) is 0.695. The van der Waals surface area contributed by atoms with Gasteiger partial charge in [0, 0.05) is 0 Å². The maximum absolute atomic E-state index is 11.7. The van der Waals surface area contributed by atoms with Crippen molar-refractivity contribution in [2.45, 2.75) is 70.7 Å². The van der Waals surface area contributed by atoms with E-state index < -0.39 is 25.9 Å². The minimum atomic E-state index is -2.17. The smallest absolute Gasteiger partial charge is 0.408 e. The third-order valence-electron chi connectivity index (χ3n) is 3.24. The van der Waals surface area contributed by atoms with Gasteiger partial charge in [0.1, 0.15) is 11.4 Å². The molecule has 0 radical (unpaired) electrons. The van der Waals surface area contributed by atoms with Crippen LogP contribution in [0.5, 0.6) is 0 Å². The van der Waals surface area contributed by atoms with Gasteiger partial charge in [0.15, 0.2) is 8.38 Å². The summed E-state index contributed by atoms with van der Waals surface area (Å²) in [6, 6.07) is 0. The zero-order chi connectivity index (χ0) is 14.5. The highest BCUT2D eigenvalue weighted by atomic mass is 31.2. The summed E-state index contributed by atoms with van der Waals surface area (Å²) in [5.41, 5.74) is -0.576. The predicted octanol–water partition coefficient (Wildman–Crippen LogP) is 3.10. The van der Waals surface area contributed by atoms with Crippen molar-refractivity contribution >= 4 is 14.5 Å². The second kappa shape index (κ2) is 7.41. The van der Waals surface area contributed by atoms with Crippen LogP contribution in [0, 0.1) is 5.92 Å². The van der Waals surface area contributed by atoms with E-state index in [9.17, 15) is 14.6 Å². The van der Waals surface area contributed by atoms with Crippen molar-refractivity contribution in [1.82, 2.24) is 5.32 Å². The molecular formula is C13H26NO4P. The SMILES string of the molecule is CC(C)(C)OC(=O)N[C@@H](CC1CCCCC1)P(O)O. The molecular weight excluding hydrogens is 265 g/mol. The predicted molar refractivity (Wildman–Crippen MR) is 75.7 cm³/mol. The lowest BCUT2D eigenvalue weighted by Gasteiger charge is -2.28. The summed E-state index contributed by atoms with van der Waals surface area (Å²) in [5, 5.41) is 2.59. The van der Waals surface area contributed by atoms with E-state index in [-0.39, 0.29) is 0 Å². The van der Waals surface area contributed by atoms with Crippen molar-refractivity contribution in [2.75, 3.05) is 0 Å². The van der Waals surface area contributed by atoms with Crippen molar-refractivity contribution in [1.29, 1.82) is 0 Å². The molecule has 0 unspecified atom stereocenters. The number of hydrogen-bond donors (Lipinski definition) is 3. The van der Waals surface area contributed by atoms with Gasteiger partial charge in [-0.25, -0.2) is 4.79 Å². The van der Waals surface area contributed by atoms with Crippen molar-refractivity contribution in [2.24, 2.45) is 5.92 Å². The van der Waals surface area contributed by atoms with Crippen LogP contribution >= 0.6 is 8.38 Å². The molecule has 1 saturated carbocycles. The van der Waals surface area contributed by atoms with E-state index in [1.165, 1.54) is 19.3 Å². The number of alkyl carbamates (subject to hydrolysis) is 1. The third-order valence-corrected chi connectivity index (χ3v) is 4.14. The summed E-state index contributed by atoms with van der Waals surface area (Å²) < 4.78 is 5.15. The lowest BCUT2D eigenvalue weighted by atomic mass is 9.87. The van der Waals surface area contributed by atoms with Gasteiger partial charge in [0.25, 0.3) is 0 Å². The molecule has 3 N–H and O–H groups in total. The highest BCUT2D eigenvalue weighted by molar-refractivity contribution is 7.45. The van der Waals surface area contributed by atoms with Gasteiger partial charge in [0.05, 0.1) is 0 Å². The summed E-state index contributed by atoms with van der Waals surface area (Å²) in [6.45, 7) is 5.34. The molecule has 1 rings (SSSR count). The molecule has 6 heteroatoms. The van der Waals surface area contributed by atoms with Gasteiger partial charge in [-0.15, -0.1) is 0 Å². The molecule has 1 atom stereocenters. The number of carbonyl (C=O) groups excluding carboxylic acids is 1. The normalized spacial score (nSPS) is 19.3. The molecule has 0 aliphatic heterocycles. The zero-order valence-electron chi connectivity index (χ0n) is 12.1. The Kier molecular flexibility index (Phi) is 6.51. The van der Waals surface area contributed by atoms with Gasteiger partial charge in [-0.2, -0.15) is 0 Å². The van der Waals surface area contributed by atoms with Gasteiger partial charge < -0.3 is 19.8 Å². The van der Waals surface area contributed by atoms with Crippen molar-refractivity contribution < 1.29 is 19.3 Å². The molecule has 1 aliphatic rings. The Bertz CT molecular complexity index is 285. The first-order valence-electron chi connectivity index (χ1n) is 6.94. The fourth-order valence-electron chi connectivity index (χ4n) is 2.39. The van der Waals surface area contributed by atoms with E-state index in [1.807, 2.05) is 0 Å². The molecule has 0 heterocycles. The highest BCUT2D eigenvalue weighted by Crippen LogP contribution is 2.37. The van der Waals surface area contributed by atoms with Crippen LogP contribution in [0.15, 0.2) is 0 Å². The lowest BCUT2D eigenvalue weighted by molar-refractivity contribution is 0.0510. The van der Waals surface area contributed by atoms with Crippen molar-refractivity contribution in [3.05, 3.63) is 0 Å². The van der Waals surface area contributed by atoms with Gasteiger partial charge in [-0.3, -0.25) is 0 Å². The molecule has 1 amide bonds. The number of carbonyl (C=O) groups is 1. The molecule has 0 aromatic rings. The van der Waals surface area contributed by atoms with Crippen LogP contribution in [-0.2, 0) is 4.74 Å². The summed E-state index contributed by atoms with van der Waals surface area (Å²) >= 11 is 0. The maximum atomic E-state index is 11.7. The number of amides is 1. The molecule has 0 spiro atoms. The van der Waals surface area contributed by atoms with E-state index in [0.29, 0.717) is 12.3 Å². The Morgan fingerprint density at radius 2 is 1.89 bits per heavy atom. The highest BCUT2D eigenvalue weighted by Gasteiger charge is 2.27. The van der Waals surface area contributed by atoms with Gasteiger partial charge >= 0.3 is 6.09 Å². The Morgan fingerprint density at radius 1 is 1.32 bits per heavy atom. The number of ether oxygens (including phenoxy) is 1. The first-order valence-corrected chi connectivity index (χ1v) is 8.26. The van der Waals surface area contributed by atoms with Crippen LogP contribution in [0.3, 0.4) is 0 Å². The van der Waals surface area contributed by atoms with Gasteiger partial charge in [-0.05, 0) is 33.1 Å². The largest absolute Gasteiger partial charge is 0.444 e. The van der Waals surface area contributed by atoms with Crippen LogP contribution < -0.4 is 5.32 Å². The zero-order valence-corrected chi connectivity index (χ0v) is 12.9. The van der Waals surface area contributed by atoms with Gasteiger partial charge in [0.2, 0.25) is 0 Å². The average Bonchev–Trinajstić information content (AvgIpc) is 2.26. The molecule has 0 aromatic heterocycles. The van der Waals surface area contributed by atoms with Crippen LogP contribution in [0.1, 0.15) is 59.3 Å². The maximum Gasteiger partial charge on any atom is 0.408 e. The number of hydrogen-bond acceptors (Lipinski definition) is 4. The first-order chi connectivity index (χ1) is 8.78. The minimum Gasteiger partial charge on any atom is -0.444 e. The molecule has 19 heavy (non-hydrogen) atoms. The van der Waals surface area contributed by atoms with E-state index in [1.54, 1.807) is 20.8 Å². The number of rotatable bonds is 4. The Morgan fingerprint density at radius 3 is 2.37 bits per heavy atom. The summed E-state index contributed by atoms with van der Waals surface area (Å²) in [6.07, 6.45) is 5.90. The minimum absolute atomic E-state index is 0.470.